The quantitative estimate of drug-likeness (QED) is 0.529. The highest BCUT2D eigenvalue weighted by Crippen LogP contribution is 2.30. The van der Waals surface area contributed by atoms with Crippen molar-refractivity contribution in [1.29, 1.82) is 0 Å². The second-order valence-corrected chi connectivity index (χ2v) is 6.04. The van der Waals surface area contributed by atoms with Crippen molar-refractivity contribution >= 4 is 33.2 Å². The van der Waals surface area contributed by atoms with E-state index in [4.69, 9.17) is 4.74 Å². The highest BCUT2D eigenvalue weighted by atomic mass is 32.1. The number of hydrogen-bond acceptors (Lipinski definition) is 5. The number of para-hydroxylation sites is 2. The number of nitrogens with one attached hydrogen (secondary N) is 3. The van der Waals surface area contributed by atoms with Crippen LogP contribution >= 0.6 is 11.3 Å². The Bertz CT molecular complexity index is 1060. The summed E-state index contributed by atoms with van der Waals surface area (Å²) in [5.41, 5.74) is 2.56. The lowest BCUT2D eigenvalue weighted by atomic mass is 10.2. The molecule has 0 fully saturated rings. The molecular weight excluding hydrogens is 324 g/mol. The number of benzene rings is 1. The topological polar surface area (TPSA) is 82.8 Å². The van der Waals surface area contributed by atoms with E-state index < -0.39 is 0 Å². The minimum atomic E-state index is -0.168. The molecule has 120 valence electrons. The molecule has 0 aliphatic rings. The Hall–Kier alpha value is -3.06. The summed E-state index contributed by atoms with van der Waals surface area (Å²) in [7, 11) is 1.62. The summed E-state index contributed by atoms with van der Waals surface area (Å²) in [4.78, 5) is 22.6. The molecule has 0 radical (unpaired) electrons. The monoisotopic (exact) mass is 338 g/mol. The molecule has 0 aliphatic heterocycles. The van der Waals surface area contributed by atoms with E-state index in [0.717, 1.165) is 16.8 Å². The van der Waals surface area contributed by atoms with Gasteiger partial charge in [0.15, 0.2) is 5.13 Å². The minimum absolute atomic E-state index is 0.168. The molecule has 0 saturated heterocycles. The van der Waals surface area contributed by atoms with E-state index >= 15 is 0 Å². The highest BCUT2D eigenvalue weighted by Gasteiger charge is 2.11. The number of fused-ring (bicyclic) bond motifs is 1. The van der Waals surface area contributed by atoms with Gasteiger partial charge in [0.1, 0.15) is 11.4 Å². The van der Waals surface area contributed by atoms with E-state index in [9.17, 15) is 4.79 Å². The summed E-state index contributed by atoms with van der Waals surface area (Å²) in [5.74, 6) is 0.737. The SMILES string of the molecule is COc1ccccc1Nc1nc(-c2cc3cc[nH]c3[nH]c2=O)cs1. The van der Waals surface area contributed by atoms with E-state index in [2.05, 4.69) is 20.3 Å². The molecule has 3 aromatic heterocycles. The smallest absolute Gasteiger partial charge is 0.259 e. The van der Waals surface area contributed by atoms with Gasteiger partial charge in [-0.15, -0.1) is 11.3 Å². The third kappa shape index (κ3) is 2.55. The van der Waals surface area contributed by atoms with Crippen molar-refractivity contribution in [3.63, 3.8) is 0 Å². The van der Waals surface area contributed by atoms with E-state index in [1.807, 2.05) is 41.8 Å². The van der Waals surface area contributed by atoms with Crippen LogP contribution in [0.25, 0.3) is 22.3 Å². The van der Waals surface area contributed by atoms with Crippen LogP contribution in [0.2, 0.25) is 0 Å². The molecule has 0 saturated carbocycles. The molecule has 0 atom stereocenters. The zero-order valence-electron chi connectivity index (χ0n) is 12.8. The van der Waals surface area contributed by atoms with Gasteiger partial charge in [-0.3, -0.25) is 4.79 Å². The predicted octanol–water partition coefficient (Wildman–Crippen LogP) is 3.73. The van der Waals surface area contributed by atoms with Crippen LogP contribution < -0.4 is 15.6 Å². The lowest BCUT2D eigenvalue weighted by Gasteiger charge is -2.08. The van der Waals surface area contributed by atoms with Gasteiger partial charge in [-0.05, 0) is 24.3 Å². The van der Waals surface area contributed by atoms with Crippen LogP contribution in [-0.4, -0.2) is 22.1 Å². The standard InChI is InChI=1S/C17H14N4O2S/c1-23-14-5-3-2-4-12(14)19-17-20-13(9-24-17)11-8-10-6-7-18-15(10)21-16(11)22/h2-9H,1H3,(H,19,20)(H2,18,21,22). The van der Waals surface area contributed by atoms with E-state index in [0.29, 0.717) is 22.0 Å². The molecule has 0 amide bonds. The Balaban J connectivity index is 1.69. The third-order valence-corrected chi connectivity index (χ3v) is 4.45. The number of thiazole rings is 1. The van der Waals surface area contributed by atoms with Crippen LogP contribution in [0.4, 0.5) is 10.8 Å². The molecule has 1 aromatic carbocycles. The van der Waals surface area contributed by atoms with Crippen molar-refractivity contribution < 1.29 is 4.74 Å². The summed E-state index contributed by atoms with van der Waals surface area (Å²) in [6, 6.07) is 11.4. The minimum Gasteiger partial charge on any atom is -0.495 e. The summed E-state index contributed by atoms with van der Waals surface area (Å²) in [5, 5.41) is 6.73. The largest absolute Gasteiger partial charge is 0.495 e. The zero-order chi connectivity index (χ0) is 16.5. The zero-order valence-corrected chi connectivity index (χ0v) is 13.6. The third-order valence-electron chi connectivity index (χ3n) is 3.69. The Morgan fingerprint density at radius 2 is 2.12 bits per heavy atom. The van der Waals surface area contributed by atoms with Gasteiger partial charge in [0, 0.05) is 17.0 Å². The normalized spacial score (nSPS) is 10.9. The first-order valence-electron chi connectivity index (χ1n) is 7.31. The van der Waals surface area contributed by atoms with Crippen molar-refractivity contribution in [1.82, 2.24) is 15.0 Å². The number of aromatic amines is 2. The molecule has 7 heteroatoms. The van der Waals surface area contributed by atoms with Gasteiger partial charge in [-0.2, -0.15) is 0 Å². The van der Waals surface area contributed by atoms with Gasteiger partial charge in [0.2, 0.25) is 0 Å². The maximum Gasteiger partial charge on any atom is 0.259 e. The lowest BCUT2D eigenvalue weighted by molar-refractivity contribution is 0.417. The first-order chi connectivity index (χ1) is 11.7. The second-order valence-electron chi connectivity index (χ2n) is 5.18. The van der Waals surface area contributed by atoms with Gasteiger partial charge in [-0.25, -0.2) is 4.98 Å². The molecule has 4 aromatic rings. The Morgan fingerprint density at radius 1 is 1.25 bits per heavy atom. The van der Waals surface area contributed by atoms with Gasteiger partial charge < -0.3 is 20.0 Å². The predicted molar refractivity (Wildman–Crippen MR) is 96.3 cm³/mol. The highest BCUT2D eigenvalue weighted by molar-refractivity contribution is 7.14. The molecule has 6 nitrogen and oxygen atoms in total. The van der Waals surface area contributed by atoms with Crippen LogP contribution in [0.5, 0.6) is 5.75 Å². The number of hydrogen-bond donors (Lipinski definition) is 3. The number of methoxy groups -OCH3 is 1. The molecular formula is C17H14N4O2S. The average molecular weight is 338 g/mol. The van der Waals surface area contributed by atoms with Crippen LogP contribution in [0, 0.1) is 0 Å². The number of rotatable bonds is 4. The molecule has 0 unspecified atom stereocenters. The van der Waals surface area contributed by atoms with Gasteiger partial charge in [0.05, 0.1) is 24.1 Å². The average Bonchev–Trinajstić information content (AvgIpc) is 3.23. The Labute approximate surface area is 141 Å². The second kappa shape index (κ2) is 5.86. The van der Waals surface area contributed by atoms with E-state index in [-0.39, 0.29) is 5.56 Å². The fourth-order valence-electron chi connectivity index (χ4n) is 2.52. The van der Waals surface area contributed by atoms with Crippen molar-refractivity contribution in [3.8, 4) is 17.0 Å². The van der Waals surface area contributed by atoms with Gasteiger partial charge in [-0.1, -0.05) is 12.1 Å². The first-order valence-corrected chi connectivity index (χ1v) is 8.19. The summed E-state index contributed by atoms with van der Waals surface area (Å²) in [6.07, 6.45) is 1.79. The molecule has 24 heavy (non-hydrogen) atoms. The number of anilines is 2. The molecule has 0 aliphatic carbocycles. The van der Waals surface area contributed by atoms with Crippen LogP contribution in [0.1, 0.15) is 0 Å². The van der Waals surface area contributed by atoms with Crippen molar-refractivity contribution in [3.05, 3.63) is 58.3 Å². The Kier molecular flexibility index (Phi) is 3.55. The first kappa shape index (κ1) is 14.5. The Morgan fingerprint density at radius 3 is 3.00 bits per heavy atom. The van der Waals surface area contributed by atoms with Gasteiger partial charge >= 0.3 is 0 Å². The maximum atomic E-state index is 12.2. The maximum absolute atomic E-state index is 12.2. The fourth-order valence-corrected chi connectivity index (χ4v) is 3.24. The van der Waals surface area contributed by atoms with Crippen LogP contribution in [0.15, 0.2) is 52.8 Å². The van der Waals surface area contributed by atoms with E-state index in [1.54, 1.807) is 13.3 Å². The van der Waals surface area contributed by atoms with Crippen molar-refractivity contribution in [2.24, 2.45) is 0 Å². The molecule has 0 bridgehead atoms. The van der Waals surface area contributed by atoms with Crippen LogP contribution in [-0.2, 0) is 0 Å². The lowest BCUT2D eigenvalue weighted by Crippen LogP contribution is -2.08. The fraction of sp³-hybridized carbons (Fsp3) is 0.0588. The number of H-pyrrole nitrogens is 2. The number of aromatic nitrogens is 3. The molecule has 3 N–H and O–H groups in total. The molecule has 4 rings (SSSR count). The summed E-state index contributed by atoms with van der Waals surface area (Å²) < 4.78 is 5.32. The van der Waals surface area contributed by atoms with Gasteiger partial charge in [0.25, 0.3) is 5.56 Å². The van der Waals surface area contributed by atoms with Crippen molar-refractivity contribution in [2.45, 2.75) is 0 Å². The number of ether oxygens (including phenoxy) is 1. The number of pyridine rings is 1. The molecule has 0 spiro atoms. The summed E-state index contributed by atoms with van der Waals surface area (Å²) >= 11 is 1.44. The van der Waals surface area contributed by atoms with Crippen LogP contribution in [0.3, 0.4) is 0 Å². The van der Waals surface area contributed by atoms with E-state index in [1.165, 1.54) is 11.3 Å². The summed E-state index contributed by atoms with van der Waals surface area (Å²) in [6.45, 7) is 0. The number of nitrogens with zero attached hydrogens (tertiary/aromatic N) is 1. The van der Waals surface area contributed by atoms with Crippen molar-refractivity contribution in [2.75, 3.05) is 12.4 Å². The molecule has 3 heterocycles.